The number of nitrogens with zero attached hydrogens (tertiary/aromatic N) is 1. The van der Waals surface area contributed by atoms with Crippen molar-refractivity contribution in [2.45, 2.75) is 26.8 Å². The van der Waals surface area contributed by atoms with E-state index in [1.165, 1.54) is 5.56 Å². The van der Waals surface area contributed by atoms with Crippen LogP contribution >= 0.6 is 0 Å². The first kappa shape index (κ1) is 15.3. The molecule has 2 amide bonds. The molecule has 2 aromatic carbocycles. The van der Waals surface area contributed by atoms with Crippen molar-refractivity contribution >= 4 is 17.5 Å². The first-order valence-electron chi connectivity index (χ1n) is 7.78. The van der Waals surface area contributed by atoms with Gasteiger partial charge in [-0.3, -0.25) is 9.59 Å². The Balaban J connectivity index is 1.78. The van der Waals surface area contributed by atoms with E-state index in [4.69, 9.17) is 0 Å². The largest absolute Gasteiger partial charge is 0.338 e. The molecular formula is C19H20N2O2. The number of aryl methyl sites for hydroxylation is 1. The van der Waals surface area contributed by atoms with Crippen molar-refractivity contribution in [3.05, 3.63) is 64.7 Å². The molecule has 0 atom stereocenters. The van der Waals surface area contributed by atoms with Crippen LogP contribution in [0.25, 0.3) is 0 Å². The average molecular weight is 308 g/mol. The lowest BCUT2D eigenvalue weighted by atomic mass is 9.99. The molecular weight excluding hydrogens is 288 g/mol. The molecule has 1 aliphatic rings. The first-order valence-corrected chi connectivity index (χ1v) is 7.78. The minimum atomic E-state index is -0.118. The topological polar surface area (TPSA) is 49.4 Å². The van der Waals surface area contributed by atoms with Crippen LogP contribution in [0.15, 0.2) is 42.5 Å². The summed E-state index contributed by atoms with van der Waals surface area (Å²) in [5.74, 6) is -0.0299. The fraction of sp³-hybridized carbons (Fsp3) is 0.263. The van der Waals surface area contributed by atoms with Gasteiger partial charge in [0.25, 0.3) is 5.91 Å². The number of rotatable bonds is 2. The average Bonchev–Trinajstić information content (AvgIpc) is 2.54. The molecule has 3 rings (SSSR count). The van der Waals surface area contributed by atoms with Crippen LogP contribution < -0.4 is 5.32 Å². The summed E-state index contributed by atoms with van der Waals surface area (Å²) < 4.78 is 0. The van der Waals surface area contributed by atoms with Gasteiger partial charge in [0.1, 0.15) is 0 Å². The molecule has 0 aliphatic carbocycles. The number of anilines is 1. The summed E-state index contributed by atoms with van der Waals surface area (Å²) in [4.78, 5) is 25.7. The minimum absolute atomic E-state index is 0.0878. The molecule has 0 unspecified atom stereocenters. The van der Waals surface area contributed by atoms with Crippen LogP contribution in [0.1, 0.15) is 34.0 Å². The Kier molecular flexibility index (Phi) is 4.15. The van der Waals surface area contributed by atoms with E-state index in [0.29, 0.717) is 12.1 Å². The van der Waals surface area contributed by atoms with E-state index in [9.17, 15) is 9.59 Å². The normalized spacial score (nSPS) is 13.4. The summed E-state index contributed by atoms with van der Waals surface area (Å²) in [6.07, 6.45) is 0.862. The van der Waals surface area contributed by atoms with Crippen LogP contribution in [0.2, 0.25) is 0 Å². The number of hydrogen-bond donors (Lipinski definition) is 1. The molecule has 0 fully saturated rings. The van der Waals surface area contributed by atoms with Crippen molar-refractivity contribution in [1.29, 1.82) is 0 Å². The number of benzene rings is 2. The van der Waals surface area contributed by atoms with E-state index < -0.39 is 0 Å². The summed E-state index contributed by atoms with van der Waals surface area (Å²) in [6, 6.07) is 13.4. The fourth-order valence-corrected chi connectivity index (χ4v) is 2.89. The molecule has 0 spiro atoms. The minimum Gasteiger partial charge on any atom is -0.338 e. The molecule has 0 saturated carbocycles. The van der Waals surface area contributed by atoms with E-state index in [-0.39, 0.29) is 11.8 Å². The molecule has 4 nitrogen and oxygen atoms in total. The highest BCUT2D eigenvalue weighted by atomic mass is 16.2. The maximum absolute atomic E-state index is 12.3. The smallest absolute Gasteiger partial charge is 0.255 e. The van der Waals surface area contributed by atoms with E-state index in [2.05, 4.69) is 5.32 Å². The Hall–Kier alpha value is -2.62. The predicted octanol–water partition coefficient (Wildman–Crippen LogP) is 3.15. The lowest BCUT2D eigenvalue weighted by molar-refractivity contribution is -0.129. The molecule has 1 heterocycles. The maximum atomic E-state index is 12.3. The zero-order valence-corrected chi connectivity index (χ0v) is 13.4. The van der Waals surface area contributed by atoms with Crippen molar-refractivity contribution in [3.63, 3.8) is 0 Å². The van der Waals surface area contributed by atoms with Crippen LogP contribution in [0.3, 0.4) is 0 Å². The van der Waals surface area contributed by atoms with Crippen LogP contribution in [-0.2, 0) is 17.8 Å². The summed E-state index contributed by atoms with van der Waals surface area (Å²) in [5, 5.41) is 2.94. The van der Waals surface area contributed by atoms with Gasteiger partial charge in [0.2, 0.25) is 5.91 Å². The highest BCUT2D eigenvalue weighted by molar-refractivity contribution is 6.04. The van der Waals surface area contributed by atoms with Crippen molar-refractivity contribution in [1.82, 2.24) is 4.90 Å². The van der Waals surface area contributed by atoms with Gasteiger partial charge in [-0.05, 0) is 48.7 Å². The zero-order chi connectivity index (χ0) is 16.4. The lowest BCUT2D eigenvalue weighted by Gasteiger charge is -2.28. The van der Waals surface area contributed by atoms with Gasteiger partial charge in [0.05, 0.1) is 0 Å². The van der Waals surface area contributed by atoms with Crippen LogP contribution in [-0.4, -0.2) is 23.3 Å². The third-order valence-electron chi connectivity index (χ3n) is 4.20. The van der Waals surface area contributed by atoms with E-state index in [1.807, 2.05) is 48.2 Å². The van der Waals surface area contributed by atoms with Crippen molar-refractivity contribution in [3.8, 4) is 0 Å². The SMILES string of the molecule is CC(=O)N1CCc2ccc(NC(=O)c3cccc(C)c3)cc2C1. The standard InChI is InChI=1S/C19H20N2O2/c1-13-4-3-5-16(10-13)19(23)20-18-7-6-15-8-9-21(14(2)22)12-17(15)11-18/h3-7,10-11H,8-9,12H2,1-2H3,(H,20,23). The van der Waals surface area contributed by atoms with Crippen molar-refractivity contribution in [2.75, 3.05) is 11.9 Å². The Labute approximate surface area is 136 Å². The Morgan fingerprint density at radius 3 is 2.65 bits per heavy atom. The second-order valence-electron chi connectivity index (χ2n) is 6.00. The van der Waals surface area contributed by atoms with Crippen molar-refractivity contribution in [2.24, 2.45) is 0 Å². The molecule has 1 aliphatic heterocycles. The maximum Gasteiger partial charge on any atom is 0.255 e. The highest BCUT2D eigenvalue weighted by Crippen LogP contribution is 2.23. The number of carbonyl (C=O) groups is 2. The molecule has 0 aromatic heterocycles. The van der Waals surface area contributed by atoms with Crippen LogP contribution in [0, 0.1) is 6.92 Å². The Bertz CT molecular complexity index is 768. The van der Waals surface area contributed by atoms with Gasteiger partial charge in [0.15, 0.2) is 0 Å². The number of fused-ring (bicyclic) bond motifs is 1. The van der Waals surface area contributed by atoms with Crippen molar-refractivity contribution < 1.29 is 9.59 Å². The van der Waals surface area contributed by atoms with Crippen LogP contribution in [0.5, 0.6) is 0 Å². The number of nitrogens with one attached hydrogen (secondary N) is 1. The van der Waals surface area contributed by atoms with Gasteiger partial charge in [-0.1, -0.05) is 23.8 Å². The van der Waals surface area contributed by atoms with Gasteiger partial charge in [-0.15, -0.1) is 0 Å². The lowest BCUT2D eigenvalue weighted by Crippen LogP contribution is -2.34. The molecule has 23 heavy (non-hydrogen) atoms. The van der Waals surface area contributed by atoms with Gasteiger partial charge in [-0.2, -0.15) is 0 Å². The Morgan fingerprint density at radius 2 is 1.91 bits per heavy atom. The van der Waals surface area contributed by atoms with E-state index in [0.717, 1.165) is 29.8 Å². The molecule has 118 valence electrons. The third-order valence-corrected chi connectivity index (χ3v) is 4.20. The van der Waals surface area contributed by atoms with Gasteiger partial charge < -0.3 is 10.2 Å². The second-order valence-corrected chi connectivity index (χ2v) is 6.00. The van der Waals surface area contributed by atoms with Gasteiger partial charge in [0, 0.05) is 31.3 Å². The first-order chi connectivity index (χ1) is 11.0. The summed E-state index contributed by atoms with van der Waals surface area (Å²) >= 11 is 0. The molecule has 0 radical (unpaired) electrons. The molecule has 2 aromatic rings. The fourth-order valence-electron chi connectivity index (χ4n) is 2.89. The predicted molar refractivity (Wildman–Crippen MR) is 90.4 cm³/mol. The monoisotopic (exact) mass is 308 g/mol. The highest BCUT2D eigenvalue weighted by Gasteiger charge is 2.18. The zero-order valence-electron chi connectivity index (χ0n) is 13.4. The number of hydrogen-bond acceptors (Lipinski definition) is 2. The van der Waals surface area contributed by atoms with E-state index in [1.54, 1.807) is 13.0 Å². The summed E-state index contributed by atoms with van der Waals surface area (Å²) in [7, 11) is 0. The van der Waals surface area contributed by atoms with Crippen LogP contribution in [0.4, 0.5) is 5.69 Å². The second kappa shape index (κ2) is 6.24. The molecule has 0 saturated heterocycles. The number of amides is 2. The molecule has 1 N–H and O–H groups in total. The summed E-state index contributed by atoms with van der Waals surface area (Å²) in [5.41, 5.74) is 4.82. The molecule has 0 bridgehead atoms. The van der Waals surface area contributed by atoms with E-state index >= 15 is 0 Å². The van der Waals surface area contributed by atoms with Gasteiger partial charge >= 0.3 is 0 Å². The Morgan fingerprint density at radius 1 is 1.09 bits per heavy atom. The van der Waals surface area contributed by atoms with Gasteiger partial charge in [-0.25, -0.2) is 0 Å². The quantitative estimate of drug-likeness (QED) is 0.926. The number of carbonyl (C=O) groups excluding carboxylic acids is 2. The third kappa shape index (κ3) is 3.42. The molecule has 4 heteroatoms. The summed E-state index contributed by atoms with van der Waals surface area (Å²) in [6.45, 7) is 4.93.